The molecule has 0 aromatic heterocycles. The van der Waals surface area contributed by atoms with Crippen LogP contribution in [0.5, 0.6) is 0 Å². The van der Waals surface area contributed by atoms with E-state index in [-0.39, 0.29) is 17.6 Å². The van der Waals surface area contributed by atoms with Gasteiger partial charge in [0.2, 0.25) is 0 Å². The number of nitrogens with one attached hydrogen (secondary N) is 2. The standard InChI is InChI=1S/C14H26N2O2/c1-14(8-3-2-4-12(14)17)10-16-13(18)15-9-7-11-5-6-11/h11-12,17H,2-10H2,1H3,(H2,15,16,18). The van der Waals surface area contributed by atoms with Crippen LogP contribution in [0.15, 0.2) is 0 Å². The van der Waals surface area contributed by atoms with Crippen molar-refractivity contribution in [3.05, 3.63) is 0 Å². The first-order chi connectivity index (χ1) is 8.60. The van der Waals surface area contributed by atoms with Gasteiger partial charge < -0.3 is 15.7 Å². The molecule has 0 aromatic carbocycles. The lowest BCUT2D eigenvalue weighted by Gasteiger charge is -2.38. The molecule has 2 fully saturated rings. The Bertz CT molecular complexity index is 292. The van der Waals surface area contributed by atoms with Gasteiger partial charge in [-0.2, -0.15) is 0 Å². The second kappa shape index (κ2) is 5.91. The Kier molecular flexibility index (Phi) is 4.49. The number of hydrogen-bond acceptors (Lipinski definition) is 2. The Morgan fingerprint density at radius 2 is 2.06 bits per heavy atom. The van der Waals surface area contributed by atoms with Crippen molar-refractivity contribution in [3.8, 4) is 0 Å². The predicted molar refractivity (Wildman–Crippen MR) is 71.3 cm³/mol. The fraction of sp³-hybridized carbons (Fsp3) is 0.929. The lowest BCUT2D eigenvalue weighted by Crippen LogP contribution is -2.47. The van der Waals surface area contributed by atoms with Gasteiger partial charge in [-0.15, -0.1) is 0 Å². The first kappa shape index (κ1) is 13.7. The summed E-state index contributed by atoms with van der Waals surface area (Å²) >= 11 is 0. The SMILES string of the molecule is CC1(CNC(=O)NCCC2CC2)CCCCC1O. The molecule has 3 N–H and O–H groups in total. The molecule has 2 aliphatic rings. The summed E-state index contributed by atoms with van der Waals surface area (Å²) in [5.74, 6) is 0.850. The van der Waals surface area contributed by atoms with Crippen molar-refractivity contribution in [2.45, 2.75) is 58.0 Å². The third-order valence-corrected chi connectivity index (χ3v) is 4.47. The van der Waals surface area contributed by atoms with E-state index in [1.54, 1.807) is 0 Å². The van der Waals surface area contributed by atoms with Gasteiger partial charge >= 0.3 is 6.03 Å². The van der Waals surface area contributed by atoms with Gasteiger partial charge in [0, 0.05) is 18.5 Å². The number of amides is 2. The van der Waals surface area contributed by atoms with Crippen LogP contribution in [0.1, 0.15) is 51.9 Å². The van der Waals surface area contributed by atoms with Gasteiger partial charge in [0.1, 0.15) is 0 Å². The van der Waals surface area contributed by atoms with Gasteiger partial charge in [-0.3, -0.25) is 0 Å². The van der Waals surface area contributed by atoms with Crippen LogP contribution in [0.2, 0.25) is 0 Å². The Hall–Kier alpha value is -0.770. The average Bonchev–Trinajstić information content (AvgIpc) is 3.15. The van der Waals surface area contributed by atoms with E-state index in [1.807, 2.05) is 0 Å². The van der Waals surface area contributed by atoms with Crippen molar-refractivity contribution in [1.82, 2.24) is 10.6 Å². The molecule has 0 bridgehead atoms. The lowest BCUT2D eigenvalue weighted by atomic mass is 9.73. The molecule has 0 saturated heterocycles. The topological polar surface area (TPSA) is 61.4 Å². The van der Waals surface area contributed by atoms with Gasteiger partial charge in [0.25, 0.3) is 0 Å². The highest BCUT2D eigenvalue weighted by molar-refractivity contribution is 5.73. The minimum absolute atomic E-state index is 0.0883. The van der Waals surface area contributed by atoms with Crippen LogP contribution in [-0.4, -0.2) is 30.3 Å². The minimum Gasteiger partial charge on any atom is -0.392 e. The van der Waals surface area contributed by atoms with Gasteiger partial charge in [-0.25, -0.2) is 4.79 Å². The summed E-state index contributed by atoms with van der Waals surface area (Å²) in [6.45, 7) is 3.42. The molecular formula is C14H26N2O2. The maximum absolute atomic E-state index is 11.6. The fourth-order valence-corrected chi connectivity index (χ4v) is 2.73. The van der Waals surface area contributed by atoms with Crippen LogP contribution in [-0.2, 0) is 0 Å². The first-order valence-electron chi connectivity index (χ1n) is 7.30. The molecule has 0 radical (unpaired) electrons. The van der Waals surface area contributed by atoms with Crippen LogP contribution in [0.25, 0.3) is 0 Å². The van der Waals surface area contributed by atoms with Crippen molar-refractivity contribution >= 4 is 6.03 Å². The molecule has 104 valence electrons. The normalized spacial score (nSPS) is 32.0. The highest BCUT2D eigenvalue weighted by atomic mass is 16.3. The van der Waals surface area contributed by atoms with E-state index >= 15 is 0 Å². The number of urea groups is 1. The molecule has 18 heavy (non-hydrogen) atoms. The van der Waals surface area contributed by atoms with Crippen molar-refractivity contribution < 1.29 is 9.90 Å². The van der Waals surface area contributed by atoms with Crippen LogP contribution >= 0.6 is 0 Å². The van der Waals surface area contributed by atoms with Crippen molar-refractivity contribution in [3.63, 3.8) is 0 Å². The molecule has 2 aliphatic carbocycles. The van der Waals surface area contributed by atoms with E-state index in [0.29, 0.717) is 6.54 Å². The molecule has 2 amide bonds. The second-order valence-electron chi connectivity index (χ2n) is 6.26. The molecule has 4 nitrogen and oxygen atoms in total. The number of hydrogen-bond donors (Lipinski definition) is 3. The molecule has 2 atom stereocenters. The monoisotopic (exact) mass is 254 g/mol. The van der Waals surface area contributed by atoms with Gasteiger partial charge in [0.05, 0.1) is 6.10 Å². The Balaban J connectivity index is 1.63. The van der Waals surface area contributed by atoms with Gasteiger partial charge in [-0.05, 0) is 25.2 Å². The largest absolute Gasteiger partial charge is 0.392 e. The molecule has 0 heterocycles. The van der Waals surface area contributed by atoms with E-state index < -0.39 is 0 Å². The quantitative estimate of drug-likeness (QED) is 0.703. The van der Waals surface area contributed by atoms with Crippen LogP contribution in [0.3, 0.4) is 0 Å². The van der Waals surface area contributed by atoms with E-state index in [4.69, 9.17) is 0 Å². The van der Waals surface area contributed by atoms with Crippen molar-refractivity contribution in [2.24, 2.45) is 11.3 Å². The van der Waals surface area contributed by atoms with Gasteiger partial charge in [-0.1, -0.05) is 32.6 Å². The zero-order valence-corrected chi connectivity index (χ0v) is 11.4. The summed E-state index contributed by atoms with van der Waals surface area (Å²) in [6.07, 6.45) is 7.59. The van der Waals surface area contributed by atoms with Crippen LogP contribution < -0.4 is 10.6 Å². The smallest absolute Gasteiger partial charge is 0.314 e. The molecule has 2 rings (SSSR count). The van der Waals surface area contributed by atoms with Crippen LogP contribution in [0, 0.1) is 11.3 Å². The van der Waals surface area contributed by atoms with E-state index in [9.17, 15) is 9.90 Å². The number of rotatable bonds is 5. The number of aliphatic hydroxyl groups is 1. The zero-order valence-electron chi connectivity index (χ0n) is 11.4. The Labute approximate surface area is 110 Å². The van der Waals surface area contributed by atoms with Crippen molar-refractivity contribution in [2.75, 3.05) is 13.1 Å². The van der Waals surface area contributed by atoms with Crippen molar-refractivity contribution in [1.29, 1.82) is 0 Å². The number of carbonyl (C=O) groups excluding carboxylic acids is 1. The third-order valence-electron chi connectivity index (χ3n) is 4.47. The maximum atomic E-state index is 11.6. The number of aliphatic hydroxyl groups excluding tert-OH is 1. The minimum atomic E-state index is -0.280. The van der Waals surface area contributed by atoms with Crippen LogP contribution in [0.4, 0.5) is 4.79 Å². The highest BCUT2D eigenvalue weighted by Gasteiger charge is 2.35. The molecule has 0 spiro atoms. The summed E-state index contributed by atoms with van der Waals surface area (Å²) in [6, 6.07) is -0.0883. The highest BCUT2D eigenvalue weighted by Crippen LogP contribution is 2.35. The predicted octanol–water partition coefficient (Wildman–Crippen LogP) is 2.03. The maximum Gasteiger partial charge on any atom is 0.314 e. The summed E-state index contributed by atoms with van der Waals surface area (Å²) < 4.78 is 0. The Morgan fingerprint density at radius 1 is 1.28 bits per heavy atom. The van der Waals surface area contributed by atoms with E-state index in [0.717, 1.165) is 44.6 Å². The second-order valence-corrected chi connectivity index (χ2v) is 6.26. The fourth-order valence-electron chi connectivity index (χ4n) is 2.73. The lowest BCUT2D eigenvalue weighted by molar-refractivity contribution is 0.00309. The van der Waals surface area contributed by atoms with E-state index in [1.165, 1.54) is 12.8 Å². The summed E-state index contributed by atoms with van der Waals surface area (Å²) in [4.78, 5) is 11.6. The number of carbonyl (C=O) groups is 1. The zero-order chi connectivity index (χ0) is 13.0. The molecule has 4 heteroatoms. The summed E-state index contributed by atoms with van der Waals surface area (Å²) in [5, 5.41) is 15.8. The average molecular weight is 254 g/mol. The first-order valence-corrected chi connectivity index (χ1v) is 7.30. The van der Waals surface area contributed by atoms with E-state index in [2.05, 4.69) is 17.6 Å². The summed E-state index contributed by atoms with van der Waals surface area (Å²) in [5.41, 5.74) is -0.147. The molecular weight excluding hydrogens is 228 g/mol. The molecule has 2 saturated carbocycles. The van der Waals surface area contributed by atoms with Gasteiger partial charge in [0.15, 0.2) is 0 Å². The Morgan fingerprint density at radius 3 is 2.72 bits per heavy atom. The molecule has 2 unspecified atom stereocenters. The molecule has 0 aliphatic heterocycles. The third kappa shape index (κ3) is 3.87. The molecule has 0 aromatic rings. The summed E-state index contributed by atoms with van der Waals surface area (Å²) in [7, 11) is 0.